The molecule has 5 heterocycles. The smallest absolute Gasteiger partial charge is 0.251 e. The Bertz CT molecular complexity index is 1180. The first-order valence-electron chi connectivity index (χ1n) is 9.54. The van der Waals surface area contributed by atoms with Crippen molar-refractivity contribution in [3.63, 3.8) is 0 Å². The lowest BCUT2D eigenvalue weighted by Gasteiger charge is -2.43. The van der Waals surface area contributed by atoms with E-state index in [1.54, 1.807) is 24.4 Å². The highest BCUT2D eigenvalue weighted by atomic mass is 16.1. The van der Waals surface area contributed by atoms with Crippen molar-refractivity contribution in [3.8, 4) is 17.3 Å². The average molecular weight is 385 g/mol. The molecule has 0 amide bonds. The molecule has 0 unspecified atom stereocenters. The van der Waals surface area contributed by atoms with Crippen molar-refractivity contribution < 1.29 is 0 Å². The molecule has 2 aliphatic rings. The van der Waals surface area contributed by atoms with E-state index in [1.807, 2.05) is 10.6 Å². The topological polar surface area (TPSA) is 114 Å². The zero-order valence-electron chi connectivity index (χ0n) is 15.7. The number of fused-ring (bicyclic) bond motifs is 4. The molecule has 0 aromatic carbocycles. The van der Waals surface area contributed by atoms with Gasteiger partial charge in [0.05, 0.1) is 11.3 Å². The van der Waals surface area contributed by atoms with Crippen LogP contribution in [0.4, 0.5) is 11.6 Å². The number of aromatic nitrogens is 4. The highest BCUT2D eigenvalue weighted by Crippen LogP contribution is 2.37. The highest BCUT2D eigenvalue weighted by Gasteiger charge is 2.35. The molecule has 0 spiro atoms. The summed E-state index contributed by atoms with van der Waals surface area (Å²) >= 11 is 0. The third kappa shape index (κ3) is 3.10. The first kappa shape index (κ1) is 17.4. The van der Waals surface area contributed by atoms with Crippen LogP contribution in [-0.2, 0) is 6.54 Å². The highest BCUT2D eigenvalue weighted by molar-refractivity contribution is 5.62. The molecule has 0 aliphatic carbocycles. The number of pyridine rings is 2. The third-order valence-electron chi connectivity index (χ3n) is 5.74. The monoisotopic (exact) mass is 385 g/mol. The van der Waals surface area contributed by atoms with Gasteiger partial charge in [-0.1, -0.05) is 0 Å². The molecule has 2 aliphatic heterocycles. The Morgan fingerprint density at radius 1 is 1.10 bits per heavy atom. The lowest BCUT2D eigenvalue weighted by molar-refractivity contribution is 0.281. The normalized spacial score (nSPS) is 20.0. The molecule has 8 heteroatoms. The molecule has 8 nitrogen and oxygen atoms in total. The molecule has 1 fully saturated rings. The van der Waals surface area contributed by atoms with Crippen LogP contribution in [0.1, 0.15) is 23.6 Å². The van der Waals surface area contributed by atoms with E-state index >= 15 is 0 Å². The maximum atomic E-state index is 12.8. The van der Waals surface area contributed by atoms with E-state index in [0.717, 1.165) is 36.6 Å². The van der Waals surface area contributed by atoms with Crippen LogP contribution in [0.15, 0.2) is 47.7 Å². The predicted molar refractivity (Wildman–Crippen MR) is 108 cm³/mol. The van der Waals surface area contributed by atoms with Gasteiger partial charge in [-0.2, -0.15) is 5.26 Å². The second kappa shape index (κ2) is 6.71. The second-order valence-corrected chi connectivity index (χ2v) is 7.67. The minimum absolute atomic E-state index is 0.00525. The van der Waals surface area contributed by atoms with Crippen molar-refractivity contribution in [2.75, 3.05) is 23.7 Å². The van der Waals surface area contributed by atoms with Crippen LogP contribution in [0.5, 0.6) is 0 Å². The predicted octanol–water partition coefficient (Wildman–Crippen LogP) is 1.78. The van der Waals surface area contributed by atoms with Crippen LogP contribution in [0.25, 0.3) is 11.3 Å². The first-order chi connectivity index (χ1) is 14.1. The molecule has 2 atom stereocenters. The molecular formula is C21H19N7O. The Hall–Kier alpha value is -3.73. The molecule has 29 heavy (non-hydrogen) atoms. The molecule has 0 saturated carbocycles. The standard InChI is InChI=1S/C21H19N7O/c22-7-13-1-2-20(24-8-13)27-9-14-3-16(11-27)18-4-15(5-21(29)28(18)10-14)17-6-19(23)26-12-25-17/h1-2,4-6,8,12,14,16H,3,9-11H2,(H2,23,25,26)/t14-,16+/m0/s1. The van der Waals surface area contributed by atoms with Crippen molar-refractivity contribution in [2.24, 2.45) is 5.92 Å². The van der Waals surface area contributed by atoms with Gasteiger partial charge in [-0.05, 0) is 30.5 Å². The summed E-state index contributed by atoms with van der Waals surface area (Å²) in [5.74, 6) is 1.86. The number of nitrogens with zero attached hydrogens (tertiary/aromatic N) is 6. The van der Waals surface area contributed by atoms with E-state index in [-0.39, 0.29) is 11.5 Å². The number of nitriles is 1. The Balaban J connectivity index is 1.51. The lowest BCUT2D eigenvalue weighted by Crippen LogP contribution is -2.47. The molecule has 144 valence electrons. The summed E-state index contributed by atoms with van der Waals surface area (Å²) in [4.78, 5) is 27.7. The van der Waals surface area contributed by atoms with Crippen molar-refractivity contribution in [2.45, 2.75) is 18.9 Å². The summed E-state index contributed by atoms with van der Waals surface area (Å²) < 4.78 is 1.90. The molecular weight excluding hydrogens is 366 g/mol. The molecule has 2 bridgehead atoms. The summed E-state index contributed by atoms with van der Waals surface area (Å²) in [7, 11) is 0. The van der Waals surface area contributed by atoms with E-state index in [4.69, 9.17) is 11.0 Å². The summed E-state index contributed by atoms with van der Waals surface area (Å²) in [6.07, 6.45) is 4.06. The van der Waals surface area contributed by atoms with Crippen LogP contribution < -0.4 is 16.2 Å². The van der Waals surface area contributed by atoms with E-state index in [0.29, 0.717) is 29.5 Å². The molecule has 3 aromatic heterocycles. The molecule has 5 rings (SSSR count). The molecule has 2 N–H and O–H groups in total. The van der Waals surface area contributed by atoms with E-state index < -0.39 is 0 Å². The summed E-state index contributed by atoms with van der Waals surface area (Å²) in [6.45, 7) is 2.33. The maximum Gasteiger partial charge on any atom is 0.251 e. The summed E-state index contributed by atoms with van der Waals surface area (Å²) in [5, 5.41) is 8.99. The third-order valence-corrected chi connectivity index (χ3v) is 5.74. The van der Waals surface area contributed by atoms with Gasteiger partial charge in [0.1, 0.15) is 24.0 Å². The molecule has 0 radical (unpaired) electrons. The van der Waals surface area contributed by atoms with E-state index in [2.05, 4.69) is 32.0 Å². The lowest BCUT2D eigenvalue weighted by atomic mass is 9.82. The van der Waals surface area contributed by atoms with Crippen molar-refractivity contribution in [1.82, 2.24) is 19.5 Å². The number of nitrogen functional groups attached to an aromatic ring is 1. The first-order valence-corrected chi connectivity index (χ1v) is 9.54. The van der Waals surface area contributed by atoms with Gasteiger partial charge in [0.2, 0.25) is 0 Å². The molecule has 3 aromatic rings. The van der Waals surface area contributed by atoms with Gasteiger partial charge in [-0.15, -0.1) is 0 Å². The van der Waals surface area contributed by atoms with Crippen LogP contribution in [-0.4, -0.2) is 32.6 Å². The van der Waals surface area contributed by atoms with Crippen LogP contribution in [0.3, 0.4) is 0 Å². The average Bonchev–Trinajstić information content (AvgIpc) is 2.74. The number of hydrogen-bond acceptors (Lipinski definition) is 7. The summed E-state index contributed by atoms with van der Waals surface area (Å²) in [5.41, 5.74) is 8.78. The number of nitrogens with two attached hydrogens (primary N) is 1. The van der Waals surface area contributed by atoms with Gasteiger partial charge in [0, 0.05) is 55.1 Å². The van der Waals surface area contributed by atoms with Crippen molar-refractivity contribution in [1.29, 1.82) is 5.26 Å². The fraction of sp³-hybridized carbons (Fsp3) is 0.286. The van der Waals surface area contributed by atoms with Gasteiger partial charge in [0.25, 0.3) is 5.56 Å². The van der Waals surface area contributed by atoms with E-state index in [1.165, 1.54) is 6.33 Å². The van der Waals surface area contributed by atoms with Crippen LogP contribution in [0.2, 0.25) is 0 Å². The fourth-order valence-electron chi connectivity index (χ4n) is 4.46. The number of rotatable bonds is 2. The Morgan fingerprint density at radius 3 is 2.76 bits per heavy atom. The fourth-order valence-corrected chi connectivity index (χ4v) is 4.46. The van der Waals surface area contributed by atoms with Crippen molar-refractivity contribution >= 4 is 11.6 Å². The van der Waals surface area contributed by atoms with Crippen LogP contribution in [0, 0.1) is 17.2 Å². The minimum Gasteiger partial charge on any atom is -0.384 e. The zero-order chi connectivity index (χ0) is 20.0. The Morgan fingerprint density at radius 2 is 2.00 bits per heavy atom. The van der Waals surface area contributed by atoms with Gasteiger partial charge in [0.15, 0.2) is 0 Å². The van der Waals surface area contributed by atoms with Gasteiger partial charge in [-0.3, -0.25) is 4.79 Å². The number of hydrogen-bond donors (Lipinski definition) is 1. The zero-order valence-corrected chi connectivity index (χ0v) is 15.7. The van der Waals surface area contributed by atoms with Crippen molar-refractivity contribution in [3.05, 3.63) is 64.5 Å². The molecule has 1 saturated heterocycles. The Kier molecular flexibility index (Phi) is 4.02. The Labute approximate surface area is 167 Å². The largest absolute Gasteiger partial charge is 0.384 e. The number of piperidine rings is 1. The van der Waals surface area contributed by atoms with Gasteiger partial charge < -0.3 is 15.2 Å². The van der Waals surface area contributed by atoms with Gasteiger partial charge >= 0.3 is 0 Å². The van der Waals surface area contributed by atoms with Crippen LogP contribution >= 0.6 is 0 Å². The minimum atomic E-state index is -0.00525. The number of anilines is 2. The van der Waals surface area contributed by atoms with E-state index in [9.17, 15) is 4.79 Å². The maximum absolute atomic E-state index is 12.8. The second-order valence-electron chi connectivity index (χ2n) is 7.67. The summed E-state index contributed by atoms with van der Waals surface area (Å²) in [6, 6.07) is 11.2. The SMILES string of the molecule is N#Cc1ccc(N2C[C@@H]3C[C@H](C2)c2cc(-c4cc(N)ncn4)cc(=O)n2C3)nc1. The quantitative estimate of drug-likeness (QED) is 0.715. The van der Waals surface area contributed by atoms with Gasteiger partial charge in [-0.25, -0.2) is 15.0 Å².